The molecule has 0 heterocycles. The van der Waals surface area contributed by atoms with Gasteiger partial charge in [-0.15, -0.1) is 0 Å². The summed E-state index contributed by atoms with van der Waals surface area (Å²) in [4.78, 5) is 24.1. The van der Waals surface area contributed by atoms with Crippen molar-refractivity contribution in [3.63, 3.8) is 0 Å². The summed E-state index contributed by atoms with van der Waals surface area (Å²) >= 11 is 0. The van der Waals surface area contributed by atoms with E-state index in [0.717, 1.165) is 0 Å². The van der Waals surface area contributed by atoms with E-state index in [1.165, 1.54) is 18.0 Å². The number of halogens is 3. The standard InChI is InChI=1S/C14H17F3N2O4/c1-19(8-10-4-2-3-5-11(10)20)12(21)6-7-18-13(22)23-9-14(15,16)17/h2-5,20H,6-9H2,1H3,(H,18,22). The zero-order valence-corrected chi connectivity index (χ0v) is 12.4. The van der Waals surface area contributed by atoms with Crippen LogP contribution in [0.4, 0.5) is 18.0 Å². The number of nitrogens with zero attached hydrogens (tertiary/aromatic N) is 1. The Bertz CT molecular complexity index is 549. The van der Waals surface area contributed by atoms with Crippen LogP contribution in [0.5, 0.6) is 5.75 Å². The van der Waals surface area contributed by atoms with Gasteiger partial charge in [0.05, 0.1) is 0 Å². The molecule has 1 aromatic rings. The highest BCUT2D eigenvalue weighted by Crippen LogP contribution is 2.17. The Morgan fingerprint density at radius 2 is 1.96 bits per heavy atom. The summed E-state index contributed by atoms with van der Waals surface area (Å²) in [5.41, 5.74) is 0.556. The molecule has 0 saturated heterocycles. The first kappa shape index (κ1) is 18.6. The number of phenols is 1. The SMILES string of the molecule is CN(Cc1ccccc1O)C(=O)CCNC(=O)OCC(F)(F)F. The van der Waals surface area contributed by atoms with E-state index >= 15 is 0 Å². The molecule has 0 aromatic heterocycles. The van der Waals surface area contributed by atoms with Crippen LogP contribution in [0.15, 0.2) is 24.3 Å². The molecule has 1 rings (SSSR count). The van der Waals surface area contributed by atoms with Gasteiger partial charge in [-0.05, 0) is 6.07 Å². The number of amides is 2. The quantitative estimate of drug-likeness (QED) is 0.834. The molecule has 9 heteroatoms. The minimum atomic E-state index is -4.59. The number of carbonyl (C=O) groups is 2. The topological polar surface area (TPSA) is 78.9 Å². The molecule has 0 aliphatic rings. The van der Waals surface area contributed by atoms with Crippen LogP contribution in [0.2, 0.25) is 0 Å². The molecule has 0 radical (unpaired) electrons. The number of phenolic OH excluding ortho intramolecular Hbond substituents is 1. The number of benzene rings is 1. The molecule has 6 nitrogen and oxygen atoms in total. The third-order valence-electron chi connectivity index (χ3n) is 2.80. The number of para-hydroxylation sites is 1. The molecular weight excluding hydrogens is 317 g/mol. The molecule has 0 fully saturated rings. The van der Waals surface area contributed by atoms with Crippen molar-refractivity contribution >= 4 is 12.0 Å². The molecule has 0 atom stereocenters. The van der Waals surface area contributed by atoms with E-state index in [1.807, 2.05) is 0 Å². The molecule has 0 aliphatic heterocycles. The molecular formula is C14H17F3N2O4. The molecule has 1 aromatic carbocycles. The minimum absolute atomic E-state index is 0.0565. The summed E-state index contributed by atoms with van der Waals surface area (Å²) < 4.78 is 39.4. The molecule has 0 unspecified atom stereocenters. The average Bonchev–Trinajstić information content (AvgIpc) is 2.46. The van der Waals surface area contributed by atoms with E-state index < -0.39 is 18.9 Å². The van der Waals surface area contributed by atoms with Crippen molar-refractivity contribution in [3.8, 4) is 5.75 Å². The first-order chi connectivity index (χ1) is 10.7. The number of hydrogen-bond acceptors (Lipinski definition) is 4. The normalized spacial score (nSPS) is 11.0. The molecule has 2 N–H and O–H groups in total. The first-order valence-electron chi connectivity index (χ1n) is 6.67. The molecule has 0 spiro atoms. The maximum absolute atomic E-state index is 11.8. The molecule has 128 valence electrons. The van der Waals surface area contributed by atoms with Gasteiger partial charge in [-0.2, -0.15) is 13.2 Å². The van der Waals surface area contributed by atoms with Crippen molar-refractivity contribution in [2.45, 2.75) is 19.1 Å². The van der Waals surface area contributed by atoms with Gasteiger partial charge >= 0.3 is 12.3 Å². The summed E-state index contributed by atoms with van der Waals surface area (Å²) in [6.07, 6.45) is -5.94. The van der Waals surface area contributed by atoms with Gasteiger partial charge in [0.15, 0.2) is 6.61 Å². The fraction of sp³-hybridized carbons (Fsp3) is 0.429. The smallest absolute Gasteiger partial charge is 0.422 e. The maximum atomic E-state index is 11.8. The lowest BCUT2D eigenvalue weighted by Gasteiger charge is -2.18. The van der Waals surface area contributed by atoms with Gasteiger partial charge in [-0.25, -0.2) is 4.79 Å². The number of rotatable bonds is 6. The number of aromatic hydroxyl groups is 1. The molecule has 2 amide bonds. The van der Waals surface area contributed by atoms with E-state index in [2.05, 4.69) is 10.1 Å². The largest absolute Gasteiger partial charge is 0.508 e. The fourth-order valence-electron chi connectivity index (χ4n) is 1.65. The zero-order chi connectivity index (χ0) is 17.5. The van der Waals surface area contributed by atoms with Crippen molar-refractivity contribution in [2.24, 2.45) is 0 Å². The second kappa shape index (κ2) is 8.25. The number of carbonyl (C=O) groups excluding carboxylic acids is 2. The Labute approximate surface area is 130 Å². The molecule has 0 bridgehead atoms. The molecule has 23 heavy (non-hydrogen) atoms. The van der Waals surface area contributed by atoms with Crippen molar-refractivity contribution in [3.05, 3.63) is 29.8 Å². The second-order valence-electron chi connectivity index (χ2n) is 4.75. The van der Waals surface area contributed by atoms with Gasteiger partial charge in [-0.3, -0.25) is 4.79 Å². The highest BCUT2D eigenvalue weighted by Gasteiger charge is 2.29. The molecule has 0 saturated carbocycles. The number of alkyl carbamates (subject to hydrolysis) is 1. The van der Waals surface area contributed by atoms with Crippen LogP contribution in [0.3, 0.4) is 0 Å². The van der Waals surface area contributed by atoms with Gasteiger partial charge in [-0.1, -0.05) is 18.2 Å². The lowest BCUT2D eigenvalue weighted by Crippen LogP contribution is -2.33. The predicted octanol–water partition coefficient (Wildman–Crippen LogP) is 2.03. The number of hydrogen-bond donors (Lipinski definition) is 2. The second-order valence-corrected chi connectivity index (χ2v) is 4.75. The average molecular weight is 334 g/mol. The monoisotopic (exact) mass is 334 g/mol. The van der Waals surface area contributed by atoms with Crippen LogP contribution in [0, 0.1) is 0 Å². The number of nitrogens with one attached hydrogen (secondary N) is 1. The van der Waals surface area contributed by atoms with E-state index in [-0.39, 0.29) is 31.2 Å². The Hall–Kier alpha value is -2.45. The van der Waals surface area contributed by atoms with Crippen molar-refractivity contribution in [2.75, 3.05) is 20.2 Å². The summed E-state index contributed by atoms with van der Waals surface area (Å²) in [6.45, 7) is -1.66. The first-order valence-corrected chi connectivity index (χ1v) is 6.67. The summed E-state index contributed by atoms with van der Waals surface area (Å²) in [7, 11) is 1.51. The summed E-state index contributed by atoms with van der Waals surface area (Å²) in [5.74, 6) is -0.287. The lowest BCUT2D eigenvalue weighted by atomic mass is 10.2. The van der Waals surface area contributed by atoms with Crippen LogP contribution in [0.25, 0.3) is 0 Å². The van der Waals surface area contributed by atoms with Crippen molar-refractivity contribution in [1.82, 2.24) is 10.2 Å². The van der Waals surface area contributed by atoms with Gasteiger partial charge in [0, 0.05) is 32.1 Å². The van der Waals surface area contributed by atoms with Crippen LogP contribution in [-0.4, -0.2) is 48.4 Å². The Balaban J connectivity index is 2.31. The van der Waals surface area contributed by atoms with Gasteiger partial charge in [0.25, 0.3) is 0 Å². The lowest BCUT2D eigenvalue weighted by molar-refractivity contribution is -0.160. The zero-order valence-electron chi connectivity index (χ0n) is 12.4. The van der Waals surface area contributed by atoms with Crippen LogP contribution in [0.1, 0.15) is 12.0 Å². The van der Waals surface area contributed by atoms with Gasteiger partial charge < -0.3 is 20.1 Å². The third kappa shape index (κ3) is 7.39. The van der Waals surface area contributed by atoms with E-state index in [4.69, 9.17) is 0 Å². The van der Waals surface area contributed by atoms with Crippen LogP contribution < -0.4 is 5.32 Å². The highest BCUT2D eigenvalue weighted by molar-refractivity contribution is 5.77. The summed E-state index contributed by atoms with van der Waals surface area (Å²) in [5, 5.41) is 11.7. The molecule has 0 aliphatic carbocycles. The number of alkyl halides is 3. The summed E-state index contributed by atoms with van der Waals surface area (Å²) in [6, 6.07) is 6.51. The van der Waals surface area contributed by atoms with Crippen molar-refractivity contribution < 1.29 is 32.6 Å². The Kier molecular flexibility index (Phi) is 6.67. The van der Waals surface area contributed by atoms with E-state index in [9.17, 15) is 27.9 Å². The minimum Gasteiger partial charge on any atom is -0.508 e. The highest BCUT2D eigenvalue weighted by atomic mass is 19.4. The third-order valence-corrected chi connectivity index (χ3v) is 2.80. The number of ether oxygens (including phenoxy) is 1. The van der Waals surface area contributed by atoms with E-state index in [1.54, 1.807) is 18.2 Å². The van der Waals surface area contributed by atoms with Gasteiger partial charge in [0.2, 0.25) is 5.91 Å². The Morgan fingerprint density at radius 3 is 2.57 bits per heavy atom. The van der Waals surface area contributed by atoms with Gasteiger partial charge in [0.1, 0.15) is 5.75 Å². The van der Waals surface area contributed by atoms with E-state index in [0.29, 0.717) is 5.56 Å². The van der Waals surface area contributed by atoms with Crippen molar-refractivity contribution in [1.29, 1.82) is 0 Å². The van der Waals surface area contributed by atoms with Crippen LogP contribution >= 0.6 is 0 Å². The fourth-order valence-corrected chi connectivity index (χ4v) is 1.65. The predicted molar refractivity (Wildman–Crippen MR) is 74.6 cm³/mol. The maximum Gasteiger partial charge on any atom is 0.422 e. The van der Waals surface area contributed by atoms with Crippen LogP contribution in [-0.2, 0) is 16.1 Å². The Morgan fingerprint density at radius 1 is 1.30 bits per heavy atom.